The van der Waals surface area contributed by atoms with E-state index < -0.39 is 17.8 Å². The first-order valence-corrected chi connectivity index (χ1v) is 10.6. The Morgan fingerprint density at radius 1 is 0.935 bits per heavy atom. The number of benzene rings is 1. The minimum absolute atomic E-state index is 0.0851. The Morgan fingerprint density at radius 2 is 1.68 bits per heavy atom. The van der Waals surface area contributed by atoms with Crippen molar-refractivity contribution in [2.45, 2.75) is 45.4 Å². The van der Waals surface area contributed by atoms with Gasteiger partial charge < -0.3 is 19.5 Å². The monoisotopic (exact) mass is 453 g/mol. The molecule has 0 aliphatic carbocycles. The first-order valence-electron chi connectivity index (χ1n) is 10.2. The number of thiocarbonyl (C=S) groups is 1. The summed E-state index contributed by atoms with van der Waals surface area (Å²) in [5, 5.41) is 2.29. The molecule has 10 heteroatoms. The maximum absolute atomic E-state index is 12.2. The molecule has 0 aromatic heterocycles. The topological polar surface area (TPSA) is 115 Å². The molecule has 0 aliphatic heterocycles. The molecule has 0 saturated heterocycles. The van der Waals surface area contributed by atoms with Gasteiger partial charge in [0, 0.05) is 19.1 Å². The van der Waals surface area contributed by atoms with Crippen LogP contribution in [-0.4, -0.2) is 49.8 Å². The zero-order valence-corrected chi connectivity index (χ0v) is 18.8. The minimum atomic E-state index is -0.507. The number of rotatable bonds is 13. The van der Waals surface area contributed by atoms with Crippen LogP contribution >= 0.6 is 12.2 Å². The van der Waals surface area contributed by atoms with Gasteiger partial charge in [-0.25, -0.2) is 0 Å². The SMILES string of the molecule is CCCCCCOc1ccc(C(=O)NNC(=S)NC(=O)CCC(=O)OCCOC)cc1. The molecule has 0 atom stereocenters. The maximum atomic E-state index is 12.2. The van der Waals surface area contributed by atoms with Crippen LogP contribution in [-0.2, 0) is 19.1 Å². The highest BCUT2D eigenvalue weighted by Crippen LogP contribution is 2.13. The summed E-state index contributed by atoms with van der Waals surface area (Å²) in [5.41, 5.74) is 5.25. The van der Waals surface area contributed by atoms with E-state index in [1.807, 2.05) is 0 Å². The molecule has 0 radical (unpaired) electrons. The van der Waals surface area contributed by atoms with Crippen LogP contribution in [0.1, 0.15) is 55.8 Å². The standard InChI is InChI=1S/C21H31N3O6S/c1-3-4-5-6-13-29-17-9-7-16(8-10-17)20(27)23-24-21(31)22-18(25)11-12-19(26)30-15-14-28-2/h7-10H,3-6,11-15H2,1-2H3,(H,23,27)(H2,22,24,25,31). The van der Waals surface area contributed by atoms with Gasteiger partial charge in [-0.2, -0.15) is 0 Å². The highest BCUT2D eigenvalue weighted by molar-refractivity contribution is 7.80. The molecule has 172 valence electrons. The first kappa shape index (κ1) is 26.3. The number of hydrogen-bond donors (Lipinski definition) is 3. The highest BCUT2D eigenvalue weighted by Gasteiger charge is 2.11. The van der Waals surface area contributed by atoms with Crippen molar-refractivity contribution in [3.8, 4) is 5.75 Å². The third-order valence-electron chi connectivity index (χ3n) is 4.03. The van der Waals surface area contributed by atoms with E-state index in [9.17, 15) is 14.4 Å². The fourth-order valence-corrected chi connectivity index (χ4v) is 2.52. The summed E-state index contributed by atoms with van der Waals surface area (Å²) in [7, 11) is 1.49. The Bertz CT molecular complexity index is 712. The third-order valence-corrected chi connectivity index (χ3v) is 4.24. The van der Waals surface area contributed by atoms with Gasteiger partial charge in [0.05, 0.1) is 19.6 Å². The van der Waals surface area contributed by atoms with Gasteiger partial charge in [-0.1, -0.05) is 26.2 Å². The fourth-order valence-electron chi connectivity index (χ4n) is 2.35. The van der Waals surface area contributed by atoms with E-state index >= 15 is 0 Å². The van der Waals surface area contributed by atoms with Crippen molar-refractivity contribution in [1.29, 1.82) is 0 Å². The number of unbranched alkanes of at least 4 members (excludes halogenated alkanes) is 3. The van der Waals surface area contributed by atoms with E-state index in [0.29, 0.717) is 24.5 Å². The number of nitrogens with one attached hydrogen (secondary N) is 3. The minimum Gasteiger partial charge on any atom is -0.494 e. The molecule has 0 heterocycles. The van der Waals surface area contributed by atoms with Gasteiger partial charge in [-0.3, -0.25) is 25.2 Å². The normalized spacial score (nSPS) is 10.1. The molecule has 0 fully saturated rings. The molecule has 3 N–H and O–H groups in total. The molecule has 2 amide bonds. The van der Waals surface area contributed by atoms with Crippen LogP contribution in [0.2, 0.25) is 0 Å². The van der Waals surface area contributed by atoms with Crippen LogP contribution < -0.4 is 20.9 Å². The highest BCUT2D eigenvalue weighted by atomic mass is 32.1. The molecule has 0 saturated carbocycles. The van der Waals surface area contributed by atoms with Crippen molar-refractivity contribution in [1.82, 2.24) is 16.2 Å². The zero-order chi connectivity index (χ0) is 22.9. The van der Waals surface area contributed by atoms with Crippen molar-refractivity contribution < 1.29 is 28.6 Å². The number of hydrazine groups is 1. The second kappa shape index (κ2) is 16.0. The van der Waals surface area contributed by atoms with Gasteiger partial charge in [-0.05, 0) is 42.9 Å². The lowest BCUT2D eigenvalue weighted by Gasteiger charge is -2.11. The molecule has 0 unspecified atom stereocenters. The second-order valence-corrected chi connectivity index (χ2v) is 7.01. The van der Waals surface area contributed by atoms with Crippen LogP contribution in [0, 0.1) is 0 Å². The van der Waals surface area contributed by atoms with Gasteiger partial charge in [0.25, 0.3) is 5.91 Å². The molecule has 0 spiro atoms. The molecule has 31 heavy (non-hydrogen) atoms. The lowest BCUT2D eigenvalue weighted by atomic mass is 10.2. The smallest absolute Gasteiger partial charge is 0.306 e. The zero-order valence-electron chi connectivity index (χ0n) is 18.0. The quantitative estimate of drug-likeness (QED) is 0.180. The summed E-state index contributed by atoms with van der Waals surface area (Å²) in [6.45, 7) is 3.23. The van der Waals surface area contributed by atoms with Gasteiger partial charge in [0.15, 0.2) is 5.11 Å². The number of carbonyl (C=O) groups is 3. The second-order valence-electron chi connectivity index (χ2n) is 6.60. The molecule has 1 aromatic carbocycles. The number of esters is 1. The van der Waals surface area contributed by atoms with E-state index in [-0.39, 0.29) is 24.6 Å². The van der Waals surface area contributed by atoms with Gasteiger partial charge in [0.1, 0.15) is 12.4 Å². The number of methoxy groups -OCH3 is 1. The van der Waals surface area contributed by atoms with E-state index in [0.717, 1.165) is 12.8 Å². The van der Waals surface area contributed by atoms with E-state index in [2.05, 4.69) is 23.1 Å². The first-order chi connectivity index (χ1) is 15.0. The molecule has 1 aromatic rings. The predicted octanol–water partition coefficient (Wildman–Crippen LogP) is 2.25. The Morgan fingerprint density at radius 3 is 2.35 bits per heavy atom. The number of ether oxygens (including phenoxy) is 3. The molecule has 0 bridgehead atoms. The predicted molar refractivity (Wildman–Crippen MR) is 119 cm³/mol. The summed E-state index contributed by atoms with van der Waals surface area (Å²) >= 11 is 4.95. The number of carbonyl (C=O) groups excluding carboxylic acids is 3. The van der Waals surface area contributed by atoms with E-state index in [1.165, 1.54) is 20.0 Å². The Kier molecular flexibility index (Phi) is 13.6. The van der Waals surface area contributed by atoms with Gasteiger partial charge >= 0.3 is 5.97 Å². The van der Waals surface area contributed by atoms with Crippen molar-refractivity contribution in [3.05, 3.63) is 29.8 Å². The van der Waals surface area contributed by atoms with E-state index in [4.69, 9.17) is 26.4 Å². The summed E-state index contributed by atoms with van der Waals surface area (Å²) in [6, 6.07) is 6.71. The van der Waals surface area contributed by atoms with Crippen LogP contribution in [0.25, 0.3) is 0 Å². The van der Waals surface area contributed by atoms with Gasteiger partial charge in [0.2, 0.25) is 5.91 Å². The lowest BCUT2D eigenvalue weighted by molar-refractivity contribution is -0.146. The van der Waals surface area contributed by atoms with Crippen molar-refractivity contribution in [3.63, 3.8) is 0 Å². The van der Waals surface area contributed by atoms with Crippen LogP contribution in [0.15, 0.2) is 24.3 Å². The number of amides is 2. The average molecular weight is 454 g/mol. The van der Waals surface area contributed by atoms with Crippen molar-refractivity contribution in [2.24, 2.45) is 0 Å². The molecule has 1 rings (SSSR count). The lowest BCUT2D eigenvalue weighted by Crippen LogP contribution is -2.48. The summed E-state index contributed by atoms with van der Waals surface area (Å²) in [4.78, 5) is 35.4. The fraction of sp³-hybridized carbons (Fsp3) is 0.524. The van der Waals surface area contributed by atoms with Crippen LogP contribution in [0.3, 0.4) is 0 Å². The van der Waals surface area contributed by atoms with Crippen LogP contribution in [0.4, 0.5) is 0 Å². The Labute approximate surface area is 188 Å². The van der Waals surface area contributed by atoms with Crippen molar-refractivity contribution in [2.75, 3.05) is 26.9 Å². The third kappa shape index (κ3) is 12.5. The molecule has 9 nitrogen and oxygen atoms in total. The van der Waals surface area contributed by atoms with Crippen molar-refractivity contribution >= 4 is 35.1 Å². The maximum Gasteiger partial charge on any atom is 0.306 e. The summed E-state index contributed by atoms with van der Waals surface area (Å²) in [6.07, 6.45) is 4.32. The Hall–Kier alpha value is -2.72. The van der Waals surface area contributed by atoms with Crippen LogP contribution in [0.5, 0.6) is 5.75 Å². The molecular formula is C21H31N3O6S. The molecular weight excluding hydrogens is 422 g/mol. The largest absolute Gasteiger partial charge is 0.494 e. The molecule has 0 aliphatic rings. The summed E-state index contributed by atoms with van der Waals surface area (Å²) in [5.74, 6) is -0.707. The Balaban J connectivity index is 2.26. The van der Waals surface area contributed by atoms with E-state index in [1.54, 1.807) is 24.3 Å². The number of hydrogen-bond acceptors (Lipinski definition) is 7. The average Bonchev–Trinajstić information content (AvgIpc) is 2.76. The summed E-state index contributed by atoms with van der Waals surface area (Å²) < 4.78 is 15.3. The van der Waals surface area contributed by atoms with Gasteiger partial charge in [-0.15, -0.1) is 0 Å².